The first kappa shape index (κ1) is 18.2. The third-order valence-corrected chi connectivity index (χ3v) is 4.41. The Hall–Kier alpha value is -2.63. The normalized spacial score (nSPS) is 12.3. The zero-order valence-electron chi connectivity index (χ0n) is 14.5. The number of carbonyl (C=O) groups excluding carboxylic acids is 1. The van der Waals surface area contributed by atoms with E-state index in [2.05, 4.69) is 5.32 Å². The van der Waals surface area contributed by atoms with Gasteiger partial charge in [-0.15, -0.1) is 0 Å². The summed E-state index contributed by atoms with van der Waals surface area (Å²) in [7, 11) is 3.90. The monoisotopic (exact) mass is 370 g/mol. The van der Waals surface area contributed by atoms with E-state index in [1.165, 1.54) is 12.1 Å². The number of hydrogen-bond acceptors (Lipinski definition) is 4. The number of nitrogens with one attached hydrogen (secondary N) is 1. The molecule has 0 aliphatic rings. The van der Waals surface area contributed by atoms with Crippen LogP contribution in [0.15, 0.2) is 63.8 Å². The number of likely N-dealkylation sites (N-methyl/N-ethyl adjacent to an activating group) is 1. The Balaban J connectivity index is 1.80. The summed E-state index contributed by atoms with van der Waals surface area (Å²) in [6.07, 6.45) is 0. The minimum Gasteiger partial charge on any atom is -0.451 e. The van der Waals surface area contributed by atoms with E-state index in [-0.39, 0.29) is 17.2 Å². The van der Waals surface area contributed by atoms with Crippen molar-refractivity contribution >= 4 is 28.5 Å². The number of benzene rings is 2. The number of amides is 1. The molecule has 2 aromatic carbocycles. The average molecular weight is 371 g/mol. The van der Waals surface area contributed by atoms with Gasteiger partial charge >= 0.3 is 0 Å². The van der Waals surface area contributed by atoms with Crippen LogP contribution in [0.4, 0.5) is 0 Å². The highest BCUT2D eigenvalue weighted by atomic mass is 35.5. The highest BCUT2D eigenvalue weighted by molar-refractivity contribution is 6.31. The van der Waals surface area contributed by atoms with Crippen LogP contribution in [0.1, 0.15) is 22.2 Å². The van der Waals surface area contributed by atoms with Crippen molar-refractivity contribution in [1.29, 1.82) is 0 Å². The first-order valence-corrected chi connectivity index (χ1v) is 8.56. The Morgan fingerprint density at radius 2 is 1.88 bits per heavy atom. The molecule has 3 aromatic rings. The van der Waals surface area contributed by atoms with Crippen LogP contribution >= 0.6 is 11.6 Å². The maximum absolute atomic E-state index is 12.5. The van der Waals surface area contributed by atoms with E-state index in [4.69, 9.17) is 16.0 Å². The fourth-order valence-corrected chi connectivity index (χ4v) is 2.96. The van der Waals surface area contributed by atoms with Gasteiger partial charge in [0.25, 0.3) is 5.91 Å². The van der Waals surface area contributed by atoms with Gasteiger partial charge in [-0.25, -0.2) is 0 Å². The maximum Gasteiger partial charge on any atom is 0.287 e. The van der Waals surface area contributed by atoms with E-state index in [0.717, 1.165) is 5.56 Å². The van der Waals surface area contributed by atoms with Crippen molar-refractivity contribution < 1.29 is 9.21 Å². The number of hydrogen-bond donors (Lipinski definition) is 1. The molecule has 0 saturated heterocycles. The summed E-state index contributed by atoms with van der Waals surface area (Å²) >= 11 is 5.90. The van der Waals surface area contributed by atoms with Gasteiger partial charge in [-0.05, 0) is 37.9 Å². The van der Waals surface area contributed by atoms with Crippen LogP contribution in [0, 0.1) is 0 Å². The van der Waals surface area contributed by atoms with Crippen LogP contribution in [0.25, 0.3) is 11.0 Å². The molecule has 0 unspecified atom stereocenters. The highest BCUT2D eigenvalue weighted by Crippen LogP contribution is 2.19. The van der Waals surface area contributed by atoms with E-state index < -0.39 is 5.91 Å². The fraction of sp³-hybridized carbons (Fsp3) is 0.200. The summed E-state index contributed by atoms with van der Waals surface area (Å²) in [5.41, 5.74) is 1.12. The predicted molar refractivity (Wildman–Crippen MR) is 103 cm³/mol. The lowest BCUT2D eigenvalue weighted by Gasteiger charge is -2.25. The summed E-state index contributed by atoms with van der Waals surface area (Å²) in [5.74, 6) is -0.447. The van der Waals surface area contributed by atoms with Gasteiger partial charge in [0.15, 0.2) is 11.2 Å². The molecule has 5 nitrogen and oxygen atoms in total. The minimum absolute atomic E-state index is 0.00568. The molecule has 3 rings (SSSR count). The number of carbonyl (C=O) groups is 1. The fourth-order valence-electron chi connectivity index (χ4n) is 2.79. The SMILES string of the molecule is CN(C)[C@H](CNC(=O)c1cc(=O)c2cc(Cl)ccc2o1)c1ccccc1. The molecule has 1 aromatic heterocycles. The number of fused-ring (bicyclic) bond motifs is 1. The zero-order chi connectivity index (χ0) is 18.7. The van der Waals surface area contributed by atoms with Gasteiger partial charge in [-0.2, -0.15) is 0 Å². The Kier molecular flexibility index (Phi) is 5.40. The lowest BCUT2D eigenvalue weighted by atomic mass is 10.1. The molecule has 26 heavy (non-hydrogen) atoms. The Bertz CT molecular complexity index is 983. The van der Waals surface area contributed by atoms with E-state index in [1.54, 1.807) is 12.1 Å². The molecular formula is C20H19ClN2O3. The first-order valence-electron chi connectivity index (χ1n) is 8.18. The Morgan fingerprint density at radius 3 is 2.58 bits per heavy atom. The van der Waals surface area contributed by atoms with Crippen LogP contribution < -0.4 is 10.7 Å². The molecule has 1 N–H and O–H groups in total. The summed E-state index contributed by atoms with van der Waals surface area (Å²) < 4.78 is 5.57. The molecule has 0 fully saturated rings. The molecule has 0 spiro atoms. The molecule has 6 heteroatoms. The standard InChI is InChI=1S/C20H19ClN2O3/c1-23(2)16(13-6-4-3-5-7-13)12-22-20(25)19-11-17(24)15-10-14(21)8-9-18(15)26-19/h3-11,16H,12H2,1-2H3,(H,22,25)/t16-/m1/s1. The van der Waals surface area contributed by atoms with Gasteiger partial charge in [0.05, 0.1) is 11.4 Å². The molecule has 134 valence electrons. The molecule has 1 amide bonds. The highest BCUT2D eigenvalue weighted by Gasteiger charge is 2.17. The summed E-state index contributed by atoms with van der Waals surface area (Å²) in [6, 6.07) is 15.8. The number of halogens is 1. The quantitative estimate of drug-likeness (QED) is 0.746. The second kappa shape index (κ2) is 7.72. The summed E-state index contributed by atoms with van der Waals surface area (Å²) in [6.45, 7) is 0.387. The second-order valence-electron chi connectivity index (χ2n) is 6.22. The van der Waals surface area contributed by atoms with Crippen LogP contribution in [-0.4, -0.2) is 31.4 Å². The van der Waals surface area contributed by atoms with Crippen molar-refractivity contribution in [3.05, 3.63) is 81.2 Å². The van der Waals surface area contributed by atoms with Crippen LogP contribution in [-0.2, 0) is 0 Å². The molecular weight excluding hydrogens is 352 g/mol. The molecule has 0 aliphatic carbocycles. The lowest BCUT2D eigenvalue weighted by molar-refractivity contribution is 0.0914. The van der Waals surface area contributed by atoms with Crippen LogP contribution in [0.5, 0.6) is 0 Å². The number of nitrogens with zero attached hydrogens (tertiary/aromatic N) is 1. The predicted octanol–water partition coefficient (Wildman–Crippen LogP) is 3.48. The average Bonchev–Trinajstić information content (AvgIpc) is 2.62. The molecule has 0 bridgehead atoms. The Labute approximate surface area is 156 Å². The van der Waals surface area contributed by atoms with Gasteiger partial charge < -0.3 is 14.6 Å². The lowest BCUT2D eigenvalue weighted by Crippen LogP contribution is -2.34. The van der Waals surface area contributed by atoms with Crippen molar-refractivity contribution in [1.82, 2.24) is 10.2 Å². The molecule has 1 heterocycles. The molecule has 0 radical (unpaired) electrons. The summed E-state index contributed by atoms with van der Waals surface area (Å²) in [4.78, 5) is 26.7. The van der Waals surface area contributed by atoms with Crippen LogP contribution in [0.2, 0.25) is 5.02 Å². The molecule has 0 aliphatic heterocycles. The van der Waals surface area contributed by atoms with E-state index >= 15 is 0 Å². The molecule has 1 atom stereocenters. The van der Waals surface area contributed by atoms with Gasteiger partial charge in [-0.1, -0.05) is 41.9 Å². The van der Waals surface area contributed by atoms with Crippen molar-refractivity contribution in [2.45, 2.75) is 6.04 Å². The third-order valence-electron chi connectivity index (χ3n) is 4.18. The van der Waals surface area contributed by atoms with Gasteiger partial charge in [0.2, 0.25) is 0 Å². The van der Waals surface area contributed by atoms with Crippen molar-refractivity contribution in [2.75, 3.05) is 20.6 Å². The van der Waals surface area contributed by atoms with Crippen LogP contribution in [0.3, 0.4) is 0 Å². The van der Waals surface area contributed by atoms with Gasteiger partial charge in [0.1, 0.15) is 5.58 Å². The third kappa shape index (κ3) is 3.95. The zero-order valence-corrected chi connectivity index (χ0v) is 15.3. The second-order valence-corrected chi connectivity index (χ2v) is 6.65. The first-order chi connectivity index (χ1) is 12.5. The van der Waals surface area contributed by atoms with E-state index in [1.807, 2.05) is 49.3 Å². The van der Waals surface area contributed by atoms with Crippen molar-refractivity contribution in [2.24, 2.45) is 0 Å². The van der Waals surface area contributed by atoms with Crippen molar-refractivity contribution in [3.63, 3.8) is 0 Å². The van der Waals surface area contributed by atoms with Gasteiger partial charge in [0, 0.05) is 17.6 Å². The topological polar surface area (TPSA) is 62.6 Å². The smallest absolute Gasteiger partial charge is 0.287 e. The maximum atomic E-state index is 12.5. The van der Waals surface area contributed by atoms with Gasteiger partial charge in [-0.3, -0.25) is 9.59 Å². The van der Waals surface area contributed by atoms with Crippen molar-refractivity contribution in [3.8, 4) is 0 Å². The Morgan fingerprint density at radius 1 is 1.15 bits per heavy atom. The minimum atomic E-state index is -0.429. The largest absolute Gasteiger partial charge is 0.451 e. The molecule has 0 saturated carbocycles. The summed E-state index contributed by atoms with van der Waals surface area (Å²) in [5, 5.41) is 3.64. The van der Waals surface area contributed by atoms with E-state index in [0.29, 0.717) is 22.5 Å². The van der Waals surface area contributed by atoms with E-state index in [9.17, 15) is 9.59 Å². The number of rotatable bonds is 5.